The van der Waals surface area contributed by atoms with Crippen molar-refractivity contribution in [2.24, 2.45) is 0 Å². The summed E-state index contributed by atoms with van der Waals surface area (Å²) in [6, 6.07) is 0. The predicted molar refractivity (Wildman–Crippen MR) is 61.8 cm³/mol. The van der Waals surface area contributed by atoms with E-state index in [0.717, 1.165) is 11.6 Å². The van der Waals surface area contributed by atoms with Crippen molar-refractivity contribution in [3.63, 3.8) is 0 Å². The molecular formula is C3H4Na2S5. The van der Waals surface area contributed by atoms with Crippen molar-refractivity contribution in [1.82, 2.24) is 0 Å². The number of hydrogen-bond acceptors (Lipinski definition) is 5. The van der Waals surface area contributed by atoms with Gasteiger partial charge in [0.25, 0.3) is 0 Å². The average molecular weight is 246 g/mol. The van der Waals surface area contributed by atoms with Crippen molar-refractivity contribution in [3.05, 3.63) is 3.14 Å². The van der Waals surface area contributed by atoms with E-state index in [1.807, 2.05) is 0 Å². The molecule has 0 bridgehead atoms. The van der Waals surface area contributed by atoms with E-state index in [2.05, 4.69) is 25.3 Å². The first-order valence-electron chi connectivity index (χ1n) is 1.72. The molecule has 48 valence electrons. The standard InChI is InChI=1S/C3H2S5.2Na.2H/c4-1-2(5)8-3(6)7-1;;;;/h4-5H;;;;. The summed E-state index contributed by atoms with van der Waals surface area (Å²) in [6.45, 7) is 0. The predicted octanol–water partition coefficient (Wildman–Crippen LogP) is 1.82. The number of thiol groups is 2. The van der Waals surface area contributed by atoms with Crippen LogP contribution in [0.5, 0.6) is 0 Å². The van der Waals surface area contributed by atoms with E-state index in [4.69, 9.17) is 12.2 Å². The third-order valence-corrected chi connectivity index (χ3v) is 4.27. The second kappa shape index (κ2) is 7.38. The molecule has 0 spiro atoms. The van der Waals surface area contributed by atoms with Crippen molar-refractivity contribution in [1.29, 1.82) is 0 Å². The summed E-state index contributed by atoms with van der Waals surface area (Å²) in [7, 11) is 0. The van der Waals surface area contributed by atoms with Crippen molar-refractivity contribution in [2.75, 3.05) is 0 Å². The van der Waals surface area contributed by atoms with Gasteiger partial charge in [-0.15, -0.1) is 47.9 Å². The van der Waals surface area contributed by atoms with E-state index in [9.17, 15) is 0 Å². The van der Waals surface area contributed by atoms with Gasteiger partial charge in [-0.2, -0.15) is 0 Å². The van der Waals surface area contributed by atoms with Crippen LogP contribution in [-0.2, 0) is 0 Å². The summed E-state index contributed by atoms with van der Waals surface area (Å²) < 4.78 is 2.73. The molecule has 7 heteroatoms. The SMILES string of the molecule is S=c1sc(S)c(S)s1.[NaH].[NaH]. The van der Waals surface area contributed by atoms with E-state index < -0.39 is 0 Å². The molecule has 0 aliphatic heterocycles. The van der Waals surface area contributed by atoms with Crippen LogP contribution in [0.15, 0.2) is 8.42 Å². The molecule has 1 rings (SSSR count). The Morgan fingerprint density at radius 1 is 1.00 bits per heavy atom. The molecule has 0 radical (unpaired) electrons. The van der Waals surface area contributed by atoms with Crippen LogP contribution in [0, 0.1) is 3.14 Å². The fourth-order valence-corrected chi connectivity index (χ4v) is 3.74. The van der Waals surface area contributed by atoms with Gasteiger partial charge in [0.05, 0.1) is 8.42 Å². The first kappa shape index (κ1) is 15.4. The second-order valence-corrected chi connectivity index (χ2v) is 5.79. The topological polar surface area (TPSA) is 0 Å². The molecule has 1 heterocycles. The summed E-state index contributed by atoms with van der Waals surface area (Å²) >= 11 is 16.0. The van der Waals surface area contributed by atoms with E-state index >= 15 is 0 Å². The normalized spacial score (nSPS) is 7.80. The van der Waals surface area contributed by atoms with Crippen LogP contribution in [0.4, 0.5) is 0 Å². The monoisotopic (exact) mass is 246 g/mol. The van der Waals surface area contributed by atoms with Crippen molar-refractivity contribution < 1.29 is 0 Å². The van der Waals surface area contributed by atoms with Gasteiger partial charge in [-0.25, -0.2) is 0 Å². The first-order valence-corrected chi connectivity index (χ1v) is 4.65. The maximum atomic E-state index is 4.86. The summed E-state index contributed by atoms with van der Waals surface area (Å²) in [5, 5.41) is 0. The maximum absolute atomic E-state index is 4.86. The van der Waals surface area contributed by atoms with E-state index in [0.29, 0.717) is 0 Å². The van der Waals surface area contributed by atoms with Gasteiger partial charge in [0.1, 0.15) is 3.14 Å². The molecule has 0 N–H and O–H groups in total. The van der Waals surface area contributed by atoms with Gasteiger partial charge in [0.15, 0.2) is 0 Å². The Hall–Kier alpha value is 2.97. The van der Waals surface area contributed by atoms with Crippen molar-refractivity contribution >= 4 is 119 Å². The van der Waals surface area contributed by atoms with Crippen molar-refractivity contribution in [2.45, 2.75) is 8.42 Å². The Balaban J connectivity index is 0. The quantitative estimate of drug-likeness (QED) is 0.400. The first-order chi connectivity index (χ1) is 3.70. The van der Waals surface area contributed by atoms with E-state index in [1.54, 1.807) is 0 Å². The Kier molecular flexibility index (Phi) is 11.4. The molecule has 0 aliphatic rings. The van der Waals surface area contributed by atoms with E-state index in [1.165, 1.54) is 22.7 Å². The molecule has 0 nitrogen and oxygen atoms in total. The van der Waals surface area contributed by atoms with Crippen LogP contribution in [0.3, 0.4) is 0 Å². The minimum absolute atomic E-state index is 0. The molecule has 0 saturated carbocycles. The van der Waals surface area contributed by atoms with Gasteiger partial charge in [-0.1, -0.05) is 12.2 Å². The summed E-state index contributed by atoms with van der Waals surface area (Å²) in [5.74, 6) is 0. The van der Waals surface area contributed by atoms with Crippen LogP contribution in [0.1, 0.15) is 0 Å². The van der Waals surface area contributed by atoms with Gasteiger partial charge < -0.3 is 0 Å². The minimum atomic E-state index is 0. The fraction of sp³-hybridized carbons (Fsp3) is 0. The molecule has 0 aromatic carbocycles. The Morgan fingerprint density at radius 2 is 1.30 bits per heavy atom. The molecular weight excluding hydrogens is 242 g/mol. The molecule has 0 saturated heterocycles. The zero-order valence-electron chi connectivity index (χ0n) is 3.62. The molecule has 0 unspecified atom stereocenters. The Labute approximate surface area is 128 Å². The Bertz CT molecular complexity index is 215. The average Bonchev–Trinajstić information content (AvgIpc) is 1.85. The number of rotatable bonds is 0. The number of hydrogen-bond donors (Lipinski definition) is 2. The van der Waals surface area contributed by atoms with Gasteiger partial charge in [-0.05, 0) is 0 Å². The fourth-order valence-electron chi connectivity index (χ4n) is 0.266. The van der Waals surface area contributed by atoms with Crippen LogP contribution < -0.4 is 0 Å². The molecule has 0 atom stereocenters. The van der Waals surface area contributed by atoms with Gasteiger partial charge in [0.2, 0.25) is 0 Å². The summed E-state index contributed by atoms with van der Waals surface area (Å²) in [4.78, 5) is 0. The molecule has 1 aromatic heterocycles. The van der Waals surface area contributed by atoms with Crippen LogP contribution in [0.25, 0.3) is 0 Å². The Morgan fingerprint density at radius 3 is 1.40 bits per heavy atom. The summed E-state index contributed by atoms with van der Waals surface area (Å²) in [5.41, 5.74) is 0. The van der Waals surface area contributed by atoms with Crippen LogP contribution in [-0.4, -0.2) is 59.1 Å². The van der Waals surface area contributed by atoms with Gasteiger partial charge >= 0.3 is 59.1 Å². The van der Waals surface area contributed by atoms with Gasteiger partial charge in [0, 0.05) is 0 Å². The van der Waals surface area contributed by atoms with E-state index in [-0.39, 0.29) is 59.1 Å². The zero-order valence-corrected chi connectivity index (χ0v) is 7.86. The third-order valence-electron chi connectivity index (χ3n) is 0.543. The van der Waals surface area contributed by atoms with Crippen LogP contribution >= 0.6 is 60.1 Å². The summed E-state index contributed by atoms with van der Waals surface area (Å²) in [6.07, 6.45) is 0. The van der Waals surface area contributed by atoms with Gasteiger partial charge in [-0.3, -0.25) is 0 Å². The van der Waals surface area contributed by atoms with Crippen LogP contribution in [0.2, 0.25) is 0 Å². The molecule has 0 aliphatic carbocycles. The second-order valence-electron chi connectivity index (χ2n) is 1.06. The van der Waals surface area contributed by atoms with Crippen molar-refractivity contribution in [3.8, 4) is 0 Å². The molecule has 0 amide bonds. The molecule has 0 fully saturated rings. The molecule has 1 aromatic rings. The molecule has 10 heavy (non-hydrogen) atoms. The zero-order chi connectivity index (χ0) is 6.15. The third kappa shape index (κ3) is 4.87.